The van der Waals surface area contributed by atoms with E-state index in [4.69, 9.17) is 4.74 Å². The van der Waals surface area contributed by atoms with Crippen LogP contribution < -0.4 is 14.5 Å². The van der Waals surface area contributed by atoms with Crippen molar-refractivity contribution in [1.82, 2.24) is 0 Å². The SMILES string of the molecule is Cc1cccc2c1N1c3ccccc3C(C)(C)c3cc(N(c4ccc(-c5ccccc5)cc4)c4ccc5c(c4)C(C)(C)c4ccccc4-5)cc(c31)O2. The van der Waals surface area contributed by atoms with E-state index in [9.17, 15) is 0 Å². The fourth-order valence-electron chi connectivity index (χ4n) is 9.03. The Hall–Kier alpha value is -6.06. The third-order valence-electron chi connectivity index (χ3n) is 11.7. The Morgan fingerprint density at radius 2 is 1.10 bits per heavy atom. The van der Waals surface area contributed by atoms with Gasteiger partial charge in [0.15, 0.2) is 11.5 Å². The van der Waals surface area contributed by atoms with Crippen molar-refractivity contribution in [2.45, 2.75) is 45.4 Å². The highest BCUT2D eigenvalue weighted by atomic mass is 16.5. The van der Waals surface area contributed by atoms with Gasteiger partial charge in [0.25, 0.3) is 0 Å². The van der Waals surface area contributed by atoms with E-state index in [0.29, 0.717) is 0 Å². The molecule has 7 aromatic rings. The number of hydrogen-bond acceptors (Lipinski definition) is 3. The molecule has 252 valence electrons. The lowest BCUT2D eigenvalue weighted by atomic mass is 9.73. The maximum absolute atomic E-state index is 6.93. The second-order valence-electron chi connectivity index (χ2n) is 15.5. The summed E-state index contributed by atoms with van der Waals surface area (Å²) < 4.78 is 6.93. The van der Waals surface area contributed by atoms with Crippen LogP contribution in [0.25, 0.3) is 22.3 Å². The largest absolute Gasteiger partial charge is 0.453 e. The first-order chi connectivity index (χ1) is 25.2. The standard InChI is InChI=1S/C49H40N2O/c1-31-14-13-21-44-46(31)51-43-20-12-11-19-40(43)49(4,5)42-29-36(30-45(52-44)47(42)51)50(34-24-22-33(23-25-34)32-15-7-6-8-16-32)35-26-27-38-37-17-9-10-18-39(37)48(2,3)41(38)28-35/h6-30H,1-5H3. The summed E-state index contributed by atoms with van der Waals surface area (Å²) in [5.41, 5.74) is 17.8. The predicted molar refractivity (Wildman–Crippen MR) is 216 cm³/mol. The van der Waals surface area contributed by atoms with Crippen molar-refractivity contribution < 1.29 is 4.74 Å². The summed E-state index contributed by atoms with van der Waals surface area (Å²) in [6.07, 6.45) is 0. The molecular formula is C49H40N2O. The van der Waals surface area contributed by atoms with Gasteiger partial charge in [-0.25, -0.2) is 0 Å². The zero-order valence-electron chi connectivity index (χ0n) is 30.2. The van der Waals surface area contributed by atoms with E-state index in [1.54, 1.807) is 0 Å². The number of fused-ring (bicyclic) bond motifs is 7. The van der Waals surface area contributed by atoms with E-state index in [0.717, 1.165) is 39.9 Å². The molecule has 0 N–H and O–H groups in total. The zero-order chi connectivity index (χ0) is 35.4. The monoisotopic (exact) mass is 672 g/mol. The molecule has 0 aromatic heterocycles. The Bertz CT molecular complexity index is 2560. The molecule has 0 amide bonds. The molecule has 2 aliphatic heterocycles. The van der Waals surface area contributed by atoms with Gasteiger partial charge in [-0.15, -0.1) is 0 Å². The minimum absolute atomic E-state index is 0.122. The fourth-order valence-corrected chi connectivity index (χ4v) is 9.03. The molecule has 0 fully saturated rings. The van der Waals surface area contributed by atoms with Gasteiger partial charge in [0.2, 0.25) is 0 Å². The number of benzene rings is 7. The van der Waals surface area contributed by atoms with Crippen LogP contribution in [0.1, 0.15) is 55.5 Å². The van der Waals surface area contributed by atoms with Crippen LogP contribution in [0.2, 0.25) is 0 Å². The number of rotatable bonds is 4. The lowest BCUT2D eigenvalue weighted by Crippen LogP contribution is -2.33. The Morgan fingerprint density at radius 1 is 0.462 bits per heavy atom. The number of anilines is 6. The second kappa shape index (κ2) is 11.0. The number of para-hydroxylation sites is 2. The lowest BCUT2D eigenvalue weighted by molar-refractivity contribution is 0.471. The quantitative estimate of drug-likeness (QED) is 0.185. The summed E-state index contributed by atoms with van der Waals surface area (Å²) >= 11 is 0. The van der Waals surface area contributed by atoms with E-state index in [1.807, 2.05) is 0 Å². The van der Waals surface area contributed by atoms with Crippen molar-refractivity contribution in [2.24, 2.45) is 0 Å². The lowest BCUT2D eigenvalue weighted by Gasteiger charge is -2.46. The van der Waals surface area contributed by atoms with Crippen LogP contribution in [0.15, 0.2) is 152 Å². The molecule has 0 unspecified atom stereocenters. The minimum Gasteiger partial charge on any atom is -0.453 e. The molecular weight excluding hydrogens is 633 g/mol. The molecule has 0 saturated carbocycles. The van der Waals surface area contributed by atoms with E-state index >= 15 is 0 Å². The summed E-state index contributed by atoms with van der Waals surface area (Å²) in [7, 11) is 0. The van der Waals surface area contributed by atoms with E-state index < -0.39 is 0 Å². The molecule has 2 heterocycles. The molecule has 0 radical (unpaired) electrons. The van der Waals surface area contributed by atoms with Gasteiger partial charge in [-0.2, -0.15) is 0 Å². The van der Waals surface area contributed by atoms with E-state index in [1.165, 1.54) is 55.8 Å². The zero-order valence-corrected chi connectivity index (χ0v) is 30.2. The fraction of sp³-hybridized carbons (Fsp3) is 0.143. The predicted octanol–water partition coefficient (Wildman–Crippen LogP) is 13.7. The highest BCUT2D eigenvalue weighted by Gasteiger charge is 2.43. The summed E-state index contributed by atoms with van der Waals surface area (Å²) in [6.45, 7) is 11.6. The average molecular weight is 673 g/mol. The normalized spacial score (nSPS) is 15.1. The molecule has 3 aliphatic rings. The highest BCUT2D eigenvalue weighted by molar-refractivity contribution is 5.96. The van der Waals surface area contributed by atoms with Crippen LogP contribution in [0, 0.1) is 6.92 Å². The van der Waals surface area contributed by atoms with Gasteiger partial charge >= 0.3 is 0 Å². The molecule has 7 aromatic carbocycles. The van der Waals surface area contributed by atoms with E-state index in [-0.39, 0.29) is 10.8 Å². The third-order valence-corrected chi connectivity index (χ3v) is 11.7. The van der Waals surface area contributed by atoms with Crippen LogP contribution in [0.4, 0.5) is 34.1 Å². The number of nitrogens with zero attached hydrogens (tertiary/aromatic N) is 2. The molecule has 0 saturated heterocycles. The first-order valence-corrected chi connectivity index (χ1v) is 18.3. The number of aryl methyl sites for hydroxylation is 1. The number of ether oxygens (including phenoxy) is 1. The maximum atomic E-state index is 6.93. The topological polar surface area (TPSA) is 15.7 Å². The van der Waals surface area contributed by atoms with Gasteiger partial charge in [0.1, 0.15) is 0 Å². The molecule has 52 heavy (non-hydrogen) atoms. The minimum atomic E-state index is -0.277. The first kappa shape index (κ1) is 30.7. The van der Waals surface area contributed by atoms with Crippen molar-refractivity contribution in [3.8, 4) is 33.8 Å². The van der Waals surface area contributed by atoms with Gasteiger partial charge in [-0.1, -0.05) is 131 Å². The Labute approximate surface area is 306 Å². The molecule has 3 nitrogen and oxygen atoms in total. The number of hydrogen-bond donors (Lipinski definition) is 0. The highest BCUT2D eigenvalue weighted by Crippen LogP contribution is 2.62. The molecule has 0 spiro atoms. The summed E-state index contributed by atoms with van der Waals surface area (Å²) in [5, 5.41) is 0. The average Bonchev–Trinajstić information content (AvgIpc) is 3.39. The smallest absolute Gasteiger partial charge is 0.153 e. The summed E-state index contributed by atoms with van der Waals surface area (Å²) in [6, 6.07) is 55.4. The van der Waals surface area contributed by atoms with Crippen molar-refractivity contribution in [3.63, 3.8) is 0 Å². The van der Waals surface area contributed by atoms with Crippen molar-refractivity contribution in [1.29, 1.82) is 0 Å². The van der Waals surface area contributed by atoms with Crippen LogP contribution in [0.3, 0.4) is 0 Å². The van der Waals surface area contributed by atoms with Gasteiger partial charge in [0.05, 0.1) is 22.7 Å². The molecule has 10 rings (SSSR count). The van der Waals surface area contributed by atoms with Gasteiger partial charge in [-0.05, 0) is 99.5 Å². The summed E-state index contributed by atoms with van der Waals surface area (Å²) in [4.78, 5) is 4.86. The second-order valence-corrected chi connectivity index (χ2v) is 15.5. The van der Waals surface area contributed by atoms with Crippen LogP contribution in [-0.2, 0) is 10.8 Å². The van der Waals surface area contributed by atoms with Crippen LogP contribution in [-0.4, -0.2) is 0 Å². The van der Waals surface area contributed by atoms with Gasteiger partial charge in [-0.3, -0.25) is 0 Å². The first-order valence-electron chi connectivity index (χ1n) is 18.3. The molecule has 1 aliphatic carbocycles. The Morgan fingerprint density at radius 3 is 1.90 bits per heavy atom. The summed E-state index contributed by atoms with van der Waals surface area (Å²) in [5.74, 6) is 1.74. The molecule has 0 bridgehead atoms. The van der Waals surface area contributed by atoms with Crippen LogP contribution >= 0.6 is 0 Å². The Kier molecular flexibility index (Phi) is 6.48. The van der Waals surface area contributed by atoms with Crippen LogP contribution in [0.5, 0.6) is 11.5 Å². The van der Waals surface area contributed by atoms with Gasteiger partial charge < -0.3 is 14.5 Å². The van der Waals surface area contributed by atoms with E-state index in [2.05, 4.69) is 196 Å². The van der Waals surface area contributed by atoms with Crippen molar-refractivity contribution in [3.05, 3.63) is 179 Å². The Balaban J connectivity index is 1.21. The third kappa shape index (κ3) is 4.32. The van der Waals surface area contributed by atoms with Crippen molar-refractivity contribution in [2.75, 3.05) is 9.80 Å². The van der Waals surface area contributed by atoms with Gasteiger partial charge in [0, 0.05) is 28.3 Å². The van der Waals surface area contributed by atoms with Crippen molar-refractivity contribution >= 4 is 34.1 Å². The molecule has 0 atom stereocenters. The molecule has 3 heteroatoms. The maximum Gasteiger partial charge on any atom is 0.153 e.